The van der Waals surface area contributed by atoms with Gasteiger partial charge in [0, 0.05) is 30.5 Å². The fourth-order valence-corrected chi connectivity index (χ4v) is 0. The van der Waals surface area contributed by atoms with E-state index < -0.39 is 11.9 Å². The Hall–Kier alpha value is 0.856. The van der Waals surface area contributed by atoms with Crippen LogP contribution < -0.4 is 46.5 Å². The van der Waals surface area contributed by atoms with Gasteiger partial charge in [0.2, 0.25) is 0 Å². The summed E-state index contributed by atoms with van der Waals surface area (Å²) in [4.78, 5) is 18.3. The predicted molar refractivity (Wildman–Crippen MR) is 33.9 cm³/mol. The largest absolute Gasteiger partial charge is 4.00 e. The van der Waals surface area contributed by atoms with Gasteiger partial charge in [0.05, 0.1) is 11.9 Å². The van der Waals surface area contributed by atoms with Crippen molar-refractivity contribution in [3.63, 3.8) is 0 Å². The Kier molecular flexibility index (Phi) is 75.8. The minimum Gasteiger partial charge on any atom is -1.00 e. The van der Waals surface area contributed by atoms with Crippen molar-refractivity contribution in [1.29, 1.82) is 0 Å². The van der Waals surface area contributed by atoms with Gasteiger partial charge >= 0.3 is 26.2 Å². The molecule has 3 radical (unpaired) electrons. The second-order valence-electron chi connectivity index (χ2n) is 1.15. The van der Waals surface area contributed by atoms with Crippen molar-refractivity contribution < 1.29 is 70.8 Å². The number of nitrogens with two attached hydrogens (primary N) is 2. The van der Waals surface area contributed by atoms with Crippen LogP contribution in [-0.2, 0) is 35.8 Å². The van der Waals surface area contributed by atoms with Crippen molar-refractivity contribution in [3.05, 3.63) is 0 Å². The molecule has 0 heterocycles. The third-order valence-corrected chi connectivity index (χ3v) is 0.333. The molecule has 0 aromatic carbocycles. The molecule has 0 amide bonds. The summed E-state index contributed by atoms with van der Waals surface area (Å²) in [6.45, 7) is -0.778. The van der Waals surface area contributed by atoms with Gasteiger partial charge in [-0.1, -0.05) is 0 Å². The van der Waals surface area contributed by atoms with Crippen molar-refractivity contribution >= 4 is 29.3 Å². The van der Waals surface area contributed by atoms with E-state index in [4.69, 9.17) is 19.8 Å². The molecule has 0 spiro atoms. The molecule has 0 saturated heterocycles. The molecule has 10 heteroatoms. The molecule has 6 nitrogen and oxygen atoms in total. The molecule has 0 rings (SSSR count). The van der Waals surface area contributed by atoms with Crippen molar-refractivity contribution in [2.24, 2.45) is 11.5 Å². The predicted octanol–water partition coefficient (Wildman–Crippen LogP) is -11.0. The van der Waals surface area contributed by atoms with Gasteiger partial charge in [0.1, 0.15) is 0 Å². The Morgan fingerprint density at radius 3 is 1.00 bits per heavy atom. The van der Waals surface area contributed by atoms with Gasteiger partial charge in [0.15, 0.2) is 0 Å². The second-order valence-corrected chi connectivity index (χ2v) is 1.15. The van der Waals surface area contributed by atoms with Gasteiger partial charge in [-0.25, -0.2) is 0 Å². The van der Waals surface area contributed by atoms with E-state index >= 15 is 0 Å². The first kappa shape index (κ1) is 36.4. The molecule has 0 aliphatic carbocycles. The summed E-state index contributed by atoms with van der Waals surface area (Å²) in [5.41, 5.74) is 9.02. The smallest absolute Gasteiger partial charge is 1.00 e. The van der Waals surface area contributed by atoms with Crippen LogP contribution in [0.2, 0.25) is 0 Å². The summed E-state index contributed by atoms with van der Waals surface area (Å²) in [6.07, 6.45) is 0. The van der Waals surface area contributed by atoms with Crippen molar-refractivity contribution in [2.45, 2.75) is 0 Å². The fourth-order valence-electron chi connectivity index (χ4n) is 0. The molecule has 0 atom stereocenters. The van der Waals surface area contributed by atoms with Gasteiger partial charge in [-0.2, -0.15) is 0 Å². The second kappa shape index (κ2) is 29.2. The maximum Gasteiger partial charge on any atom is 4.00 e. The Bertz CT molecular complexity index is 118. The molecule has 0 aromatic heterocycles. The number of carboxylic acid groups (broad SMARTS) is 2. The van der Waals surface area contributed by atoms with E-state index in [1.807, 2.05) is 0 Å². The Morgan fingerprint density at radius 1 is 0.929 bits per heavy atom. The van der Waals surface area contributed by atoms with E-state index in [0.717, 1.165) is 0 Å². The number of halogens is 2. The molecule has 0 bridgehead atoms. The van der Waals surface area contributed by atoms with Crippen LogP contribution in [0.1, 0.15) is 0 Å². The van der Waals surface area contributed by atoms with E-state index in [1.54, 1.807) is 0 Å². The molecule has 0 aromatic rings. The Labute approximate surface area is 124 Å². The first-order valence-corrected chi connectivity index (χ1v) is 2.34. The van der Waals surface area contributed by atoms with Crippen molar-refractivity contribution in [1.82, 2.24) is 0 Å². The van der Waals surface area contributed by atoms with Crippen molar-refractivity contribution in [2.75, 3.05) is 13.1 Å². The number of rotatable bonds is 2. The topological polar surface area (TPSA) is 132 Å². The zero-order valence-corrected chi connectivity index (χ0v) is 12.2. The van der Waals surface area contributed by atoms with Gasteiger partial charge in [0.25, 0.3) is 0 Å². The SMILES string of the molecule is NCC(=O)[O-].NCC(=O)[O-].[Al].[Cl-].[Cl-].[Zr+4]. The maximum absolute atomic E-state index is 9.13. The Morgan fingerprint density at radius 2 is 1.00 bits per heavy atom. The van der Waals surface area contributed by atoms with Crippen LogP contribution >= 0.6 is 0 Å². The maximum atomic E-state index is 9.13. The van der Waals surface area contributed by atoms with Crippen LogP contribution in [0.3, 0.4) is 0 Å². The van der Waals surface area contributed by atoms with Gasteiger partial charge in [-0.05, 0) is 0 Å². The third kappa shape index (κ3) is 76.6. The molecule has 4 N–H and O–H groups in total. The molecule has 0 aliphatic heterocycles. The number of carbonyl (C=O) groups excluding carboxylic acids is 2. The van der Waals surface area contributed by atoms with Crippen LogP contribution in [0.5, 0.6) is 0 Å². The standard InChI is InChI=1S/2C2H5NO2.Al.2ClH.Zr/c2*3-1-2(4)5;;;;/h2*1,3H2,(H,4,5);;2*1H;/q;;;;;+4/p-4. The summed E-state index contributed by atoms with van der Waals surface area (Å²) in [5.74, 6) is -2.44. The van der Waals surface area contributed by atoms with Gasteiger partial charge in [-0.3, -0.25) is 0 Å². The summed E-state index contributed by atoms with van der Waals surface area (Å²) in [6, 6.07) is 0. The van der Waals surface area contributed by atoms with Crippen LogP contribution in [0, 0.1) is 0 Å². The fraction of sp³-hybridized carbons (Fsp3) is 0.500. The molecule has 0 saturated carbocycles. The minimum atomic E-state index is -1.22. The minimum absolute atomic E-state index is 0. The molecule has 0 fully saturated rings. The summed E-state index contributed by atoms with van der Waals surface area (Å²) < 4.78 is 0. The van der Waals surface area contributed by atoms with E-state index in [2.05, 4.69) is 11.5 Å². The third-order valence-electron chi connectivity index (χ3n) is 0.333. The molecular weight excluding hydrogens is 329 g/mol. The van der Waals surface area contributed by atoms with E-state index in [9.17, 15) is 0 Å². The van der Waals surface area contributed by atoms with Crippen LogP contribution in [0.4, 0.5) is 0 Å². The molecular formula is C4H8AlCl2N2O4Zr. The first-order valence-electron chi connectivity index (χ1n) is 2.34. The summed E-state index contributed by atoms with van der Waals surface area (Å²) in [5, 5.41) is 18.3. The van der Waals surface area contributed by atoms with Crippen LogP contribution in [-0.4, -0.2) is 42.4 Å². The van der Waals surface area contributed by atoms with Gasteiger partial charge in [-0.15, -0.1) is 0 Å². The van der Waals surface area contributed by atoms with Crippen LogP contribution in [0.15, 0.2) is 0 Å². The number of carboxylic acids is 2. The van der Waals surface area contributed by atoms with Crippen molar-refractivity contribution in [3.8, 4) is 0 Å². The Balaban J connectivity index is -0.0000000178. The zero-order chi connectivity index (χ0) is 8.57. The normalized spacial score (nSPS) is 5.29. The number of aliphatic carboxylic acids is 2. The zero-order valence-electron chi connectivity index (χ0n) is 7.04. The number of hydrogen-bond donors (Lipinski definition) is 2. The van der Waals surface area contributed by atoms with E-state index in [0.29, 0.717) is 0 Å². The first-order chi connectivity index (χ1) is 4.54. The molecule has 14 heavy (non-hydrogen) atoms. The molecule has 0 aliphatic rings. The summed E-state index contributed by atoms with van der Waals surface area (Å²) in [7, 11) is 0. The average molecular weight is 337 g/mol. The number of carbonyl (C=O) groups is 2. The number of hydrogen-bond acceptors (Lipinski definition) is 6. The van der Waals surface area contributed by atoms with E-state index in [1.165, 1.54) is 0 Å². The van der Waals surface area contributed by atoms with E-state index in [-0.39, 0.29) is 81.5 Å². The monoisotopic (exact) mass is 335 g/mol. The molecule has 0 unspecified atom stereocenters. The average Bonchev–Trinajstić information content (AvgIpc) is 1.89. The van der Waals surface area contributed by atoms with Gasteiger partial charge < -0.3 is 56.1 Å². The quantitative estimate of drug-likeness (QED) is 0.481. The molecule has 79 valence electrons. The van der Waals surface area contributed by atoms with Crippen LogP contribution in [0.25, 0.3) is 0 Å². The summed E-state index contributed by atoms with van der Waals surface area (Å²) >= 11 is 0.